The van der Waals surface area contributed by atoms with E-state index in [1.54, 1.807) is 6.92 Å². The summed E-state index contributed by atoms with van der Waals surface area (Å²) in [5.41, 5.74) is 10.9. The zero-order valence-corrected chi connectivity index (χ0v) is 34.2. The Morgan fingerprint density at radius 1 is 0.489 bits per heavy atom. The van der Waals surface area contributed by atoms with Crippen molar-refractivity contribution >= 4 is 11.9 Å². The summed E-state index contributed by atoms with van der Waals surface area (Å²) >= 11 is 0. The summed E-state index contributed by atoms with van der Waals surface area (Å²) in [6.45, 7) is 6.34. The third-order valence-electron chi connectivity index (χ3n) is 9.57. The van der Waals surface area contributed by atoms with E-state index in [4.69, 9.17) is 20.9 Å². The fourth-order valence-corrected chi connectivity index (χ4v) is 6.18. The van der Waals surface area contributed by atoms with E-state index < -0.39 is 12.0 Å². The Morgan fingerprint density at radius 2 is 0.745 bits per heavy atom. The minimum Gasteiger partial charge on any atom is -1.00 e. The van der Waals surface area contributed by atoms with E-state index >= 15 is 0 Å². The van der Waals surface area contributed by atoms with Gasteiger partial charge in [0.15, 0.2) is 0 Å². The molecule has 7 heteroatoms. The molecular formula is C40H81N2NaO4. The van der Waals surface area contributed by atoms with Crippen LogP contribution in [0.2, 0.25) is 0 Å². The van der Waals surface area contributed by atoms with Crippen LogP contribution in [0, 0.1) is 0 Å². The molecule has 0 aliphatic heterocycles. The molecule has 0 saturated heterocycles. The summed E-state index contributed by atoms with van der Waals surface area (Å²) in [6, 6.07) is 0. The normalized spacial score (nSPS) is 13.1. The molecule has 4 N–H and O–H groups in total. The Balaban J connectivity index is -0.0000101. The van der Waals surface area contributed by atoms with Gasteiger partial charge in [-0.2, -0.15) is 0 Å². The van der Waals surface area contributed by atoms with Gasteiger partial charge >= 0.3 is 41.5 Å². The van der Waals surface area contributed by atoms with Crippen LogP contribution in [-0.2, 0) is 19.1 Å². The van der Waals surface area contributed by atoms with Crippen LogP contribution in [-0.4, -0.2) is 23.9 Å². The first-order valence-corrected chi connectivity index (χ1v) is 20.3. The van der Waals surface area contributed by atoms with Crippen LogP contribution in [0.1, 0.15) is 234 Å². The van der Waals surface area contributed by atoms with Crippen molar-refractivity contribution in [3.05, 3.63) is 0 Å². The third-order valence-corrected chi connectivity index (χ3v) is 9.57. The van der Waals surface area contributed by atoms with E-state index in [0.717, 1.165) is 38.5 Å². The van der Waals surface area contributed by atoms with E-state index in [1.165, 1.54) is 154 Å². The fraction of sp³-hybridized carbons (Fsp3) is 0.950. The SMILES string of the molecule is CCCCCCCCCCCCCCCCCC(=O)OC(N)C(N)(CC)OC(=O)CCCCCCCCCCCCCCCCC.[H-].[Na+]. The molecule has 0 radical (unpaired) electrons. The quantitative estimate of drug-likeness (QED) is 0.0297. The molecule has 0 spiro atoms. The number of unbranched alkanes of at least 4 members (excludes halogenated alkanes) is 28. The predicted molar refractivity (Wildman–Crippen MR) is 198 cm³/mol. The molecule has 0 fully saturated rings. The van der Waals surface area contributed by atoms with Gasteiger partial charge in [-0.05, 0) is 12.8 Å². The first-order valence-electron chi connectivity index (χ1n) is 20.3. The van der Waals surface area contributed by atoms with E-state index in [-0.39, 0.29) is 49.3 Å². The predicted octanol–water partition coefficient (Wildman–Crippen LogP) is 9.06. The number of rotatable bonds is 36. The summed E-state index contributed by atoms with van der Waals surface area (Å²) < 4.78 is 10.9. The summed E-state index contributed by atoms with van der Waals surface area (Å²) in [5.74, 6) is -0.739. The largest absolute Gasteiger partial charge is 1.00 e. The maximum absolute atomic E-state index is 12.5. The van der Waals surface area contributed by atoms with Crippen molar-refractivity contribution < 1.29 is 50.0 Å². The van der Waals surface area contributed by atoms with E-state index in [0.29, 0.717) is 12.8 Å². The third kappa shape index (κ3) is 32.8. The number of nitrogens with two attached hydrogens (primary N) is 2. The Hall–Kier alpha value is -0.140. The summed E-state index contributed by atoms with van der Waals surface area (Å²) in [6.07, 6.45) is 38.1. The average molecular weight is 677 g/mol. The number of hydrogen-bond donors (Lipinski definition) is 2. The fourth-order valence-electron chi connectivity index (χ4n) is 6.18. The number of ether oxygens (including phenoxy) is 2. The van der Waals surface area contributed by atoms with Gasteiger partial charge in [-0.1, -0.05) is 201 Å². The Kier molecular flexibility index (Phi) is 38.7. The molecular weight excluding hydrogens is 595 g/mol. The van der Waals surface area contributed by atoms with Crippen LogP contribution in [0.15, 0.2) is 0 Å². The molecule has 0 saturated carbocycles. The Morgan fingerprint density at radius 3 is 1.02 bits per heavy atom. The van der Waals surface area contributed by atoms with Gasteiger partial charge in [-0.15, -0.1) is 0 Å². The van der Waals surface area contributed by atoms with Gasteiger partial charge in [0, 0.05) is 19.3 Å². The van der Waals surface area contributed by atoms with Gasteiger partial charge in [0.2, 0.25) is 12.0 Å². The second-order valence-electron chi connectivity index (χ2n) is 14.1. The molecule has 0 aliphatic carbocycles. The van der Waals surface area contributed by atoms with E-state index in [1.807, 2.05) is 0 Å². The van der Waals surface area contributed by atoms with Crippen molar-refractivity contribution in [2.45, 2.75) is 245 Å². The van der Waals surface area contributed by atoms with Gasteiger partial charge in [0.25, 0.3) is 0 Å². The smallest absolute Gasteiger partial charge is 1.00 e. The molecule has 0 amide bonds. The van der Waals surface area contributed by atoms with Crippen LogP contribution >= 0.6 is 0 Å². The minimum atomic E-state index is -1.49. The Labute approximate surface area is 316 Å². The van der Waals surface area contributed by atoms with Gasteiger partial charge in [-0.25, -0.2) is 0 Å². The van der Waals surface area contributed by atoms with Crippen molar-refractivity contribution in [2.75, 3.05) is 0 Å². The number of carbonyl (C=O) groups is 2. The topological polar surface area (TPSA) is 105 Å². The van der Waals surface area contributed by atoms with Crippen LogP contribution in [0.25, 0.3) is 0 Å². The van der Waals surface area contributed by atoms with Crippen molar-refractivity contribution in [3.8, 4) is 0 Å². The molecule has 276 valence electrons. The molecule has 0 rings (SSSR count). The number of carbonyl (C=O) groups excluding carboxylic acids is 2. The van der Waals surface area contributed by atoms with Crippen molar-refractivity contribution in [2.24, 2.45) is 11.5 Å². The monoisotopic (exact) mass is 677 g/mol. The summed E-state index contributed by atoms with van der Waals surface area (Å²) in [5, 5.41) is 0. The molecule has 6 nitrogen and oxygen atoms in total. The van der Waals surface area contributed by atoms with E-state index in [2.05, 4.69) is 13.8 Å². The van der Waals surface area contributed by atoms with Crippen LogP contribution in [0.4, 0.5) is 0 Å². The van der Waals surface area contributed by atoms with Gasteiger partial charge in [0.05, 0.1) is 0 Å². The average Bonchev–Trinajstić information content (AvgIpc) is 3.04. The van der Waals surface area contributed by atoms with E-state index in [9.17, 15) is 9.59 Å². The van der Waals surface area contributed by atoms with Crippen molar-refractivity contribution in [1.82, 2.24) is 0 Å². The zero-order valence-electron chi connectivity index (χ0n) is 33.2. The van der Waals surface area contributed by atoms with Gasteiger partial charge in [0.1, 0.15) is 0 Å². The van der Waals surface area contributed by atoms with Gasteiger partial charge in [-0.3, -0.25) is 21.1 Å². The minimum absolute atomic E-state index is 0. The maximum atomic E-state index is 12.5. The first-order chi connectivity index (χ1) is 22.4. The molecule has 0 aliphatic rings. The molecule has 0 aromatic rings. The maximum Gasteiger partial charge on any atom is 1.00 e. The van der Waals surface area contributed by atoms with Crippen LogP contribution in [0.5, 0.6) is 0 Å². The molecule has 2 unspecified atom stereocenters. The first kappa shape index (κ1) is 49.0. The zero-order chi connectivity index (χ0) is 34.0. The van der Waals surface area contributed by atoms with Crippen molar-refractivity contribution in [1.29, 1.82) is 0 Å². The van der Waals surface area contributed by atoms with Crippen molar-refractivity contribution in [3.63, 3.8) is 0 Å². The molecule has 0 aromatic carbocycles. The van der Waals surface area contributed by atoms with Crippen LogP contribution < -0.4 is 41.0 Å². The molecule has 0 bridgehead atoms. The summed E-state index contributed by atoms with van der Waals surface area (Å²) in [4.78, 5) is 24.8. The Bertz CT molecular complexity index is 688. The standard InChI is InChI=1S/C40H80N2O4.Na.H/c1-4-7-9-11-13-15-17-19-21-23-25-27-29-31-33-35-37(43)45-39(41)40(42,6-3)46-38(44)36-34-32-30-28-26-24-22-20-18-16-14-12-10-8-5-2;;/h39H,4-36,41-42H2,1-3H3;;/q;+1;-1. The van der Waals surface area contributed by atoms with Gasteiger partial charge < -0.3 is 10.9 Å². The second kappa shape index (κ2) is 37.1. The number of esters is 2. The number of hydrogen-bond acceptors (Lipinski definition) is 6. The summed E-state index contributed by atoms with van der Waals surface area (Å²) in [7, 11) is 0. The second-order valence-corrected chi connectivity index (χ2v) is 14.1. The molecule has 0 aromatic heterocycles. The molecule has 2 atom stereocenters. The molecule has 0 heterocycles. The molecule has 47 heavy (non-hydrogen) atoms. The van der Waals surface area contributed by atoms with Crippen LogP contribution in [0.3, 0.4) is 0 Å².